The van der Waals surface area contributed by atoms with Crippen molar-refractivity contribution in [1.82, 2.24) is 0 Å². The molecule has 0 bridgehead atoms. The van der Waals surface area contributed by atoms with Crippen LogP contribution in [0.2, 0.25) is 0 Å². The maximum atomic E-state index is 6.00. The second-order valence-corrected chi connectivity index (χ2v) is 7.02. The summed E-state index contributed by atoms with van der Waals surface area (Å²) >= 11 is 0. The molecule has 0 aromatic heterocycles. The Kier molecular flexibility index (Phi) is 4.48. The molecular weight excluding hydrogens is 236 g/mol. The standard InChI is InChI=1S/C17H30O2/c1-3-5-19-17-10-14-6-12-8-16(18-4-2)9-13(12)7-15(14)11-17/h12-17H,3-11H2,1-2H3. The molecular formula is C17H30O2. The quantitative estimate of drug-likeness (QED) is 0.748. The van der Waals surface area contributed by atoms with Crippen LogP contribution in [0.15, 0.2) is 0 Å². The van der Waals surface area contributed by atoms with Gasteiger partial charge in [-0.05, 0) is 75.5 Å². The van der Waals surface area contributed by atoms with Gasteiger partial charge in [0, 0.05) is 13.2 Å². The summed E-state index contributed by atoms with van der Waals surface area (Å²) in [5.41, 5.74) is 0. The van der Waals surface area contributed by atoms with Crippen molar-refractivity contribution in [2.24, 2.45) is 23.7 Å². The maximum absolute atomic E-state index is 6.00. The summed E-state index contributed by atoms with van der Waals surface area (Å²) in [6.45, 7) is 6.19. The van der Waals surface area contributed by atoms with E-state index >= 15 is 0 Å². The molecule has 2 heteroatoms. The number of fused-ring (bicyclic) bond motifs is 2. The average molecular weight is 266 g/mol. The minimum absolute atomic E-state index is 0.575. The van der Waals surface area contributed by atoms with Crippen LogP contribution in [0.3, 0.4) is 0 Å². The lowest BCUT2D eigenvalue weighted by atomic mass is 9.71. The predicted octanol–water partition coefficient (Wildman–Crippen LogP) is 4.03. The van der Waals surface area contributed by atoms with E-state index in [0.717, 1.165) is 43.3 Å². The Bertz CT molecular complexity index is 269. The van der Waals surface area contributed by atoms with Gasteiger partial charge in [0.25, 0.3) is 0 Å². The highest BCUT2D eigenvalue weighted by molar-refractivity contribution is 4.97. The van der Waals surface area contributed by atoms with E-state index in [1.54, 1.807) is 0 Å². The molecule has 2 nitrogen and oxygen atoms in total. The molecule has 110 valence electrons. The summed E-state index contributed by atoms with van der Waals surface area (Å²) in [4.78, 5) is 0. The topological polar surface area (TPSA) is 18.5 Å². The van der Waals surface area contributed by atoms with Crippen molar-refractivity contribution in [3.05, 3.63) is 0 Å². The third kappa shape index (κ3) is 3.00. The molecule has 3 fully saturated rings. The van der Waals surface area contributed by atoms with Gasteiger partial charge in [-0.15, -0.1) is 0 Å². The van der Waals surface area contributed by atoms with Crippen LogP contribution in [0.25, 0.3) is 0 Å². The Morgan fingerprint density at radius 3 is 1.58 bits per heavy atom. The van der Waals surface area contributed by atoms with Crippen molar-refractivity contribution >= 4 is 0 Å². The summed E-state index contributed by atoms with van der Waals surface area (Å²) in [6, 6.07) is 0. The van der Waals surface area contributed by atoms with Crippen LogP contribution in [0.5, 0.6) is 0 Å². The van der Waals surface area contributed by atoms with Gasteiger partial charge in [0.15, 0.2) is 0 Å². The van der Waals surface area contributed by atoms with Crippen molar-refractivity contribution < 1.29 is 9.47 Å². The summed E-state index contributed by atoms with van der Waals surface area (Å²) in [6.07, 6.45) is 10.6. The first-order valence-corrected chi connectivity index (χ1v) is 8.53. The van der Waals surface area contributed by atoms with Gasteiger partial charge >= 0.3 is 0 Å². The van der Waals surface area contributed by atoms with Gasteiger partial charge in [-0.2, -0.15) is 0 Å². The van der Waals surface area contributed by atoms with E-state index in [1.165, 1.54) is 38.5 Å². The Labute approximate surface area is 118 Å². The van der Waals surface area contributed by atoms with Crippen molar-refractivity contribution in [3.8, 4) is 0 Å². The van der Waals surface area contributed by atoms with Crippen LogP contribution in [-0.2, 0) is 9.47 Å². The second-order valence-electron chi connectivity index (χ2n) is 7.02. The first kappa shape index (κ1) is 13.9. The molecule has 0 saturated heterocycles. The van der Waals surface area contributed by atoms with Crippen LogP contribution in [-0.4, -0.2) is 25.4 Å². The fourth-order valence-corrected chi connectivity index (χ4v) is 5.04. The van der Waals surface area contributed by atoms with Crippen LogP contribution in [0, 0.1) is 23.7 Å². The first-order chi connectivity index (χ1) is 9.30. The number of hydrogen-bond acceptors (Lipinski definition) is 2. The normalized spacial score (nSPS) is 45.2. The zero-order valence-electron chi connectivity index (χ0n) is 12.6. The lowest BCUT2D eigenvalue weighted by Crippen LogP contribution is -2.25. The van der Waals surface area contributed by atoms with E-state index in [0.29, 0.717) is 12.2 Å². The largest absolute Gasteiger partial charge is 0.378 e. The van der Waals surface area contributed by atoms with E-state index in [-0.39, 0.29) is 0 Å². The van der Waals surface area contributed by atoms with Gasteiger partial charge in [0.1, 0.15) is 0 Å². The molecule has 0 aromatic carbocycles. The van der Waals surface area contributed by atoms with Crippen LogP contribution in [0.1, 0.15) is 58.8 Å². The van der Waals surface area contributed by atoms with E-state index in [2.05, 4.69) is 13.8 Å². The zero-order chi connectivity index (χ0) is 13.2. The van der Waals surface area contributed by atoms with Gasteiger partial charge in [0.2, 0.25) is 0 Å². The van der Waals surface area contributed by atoms with Crippen LogP contribution >= 0.6 is 0 Å². The second kappa shape index (κ2) is 6.13. The Hall–Kier alpha value is -0.0800. The molecule has 0 radical (unpaired) electrons. The molecule has 0 aliphatic heterocycles. The molecule has 0 heterocycles. The third-order valence-electron chi connectivity index (χ3n) is 5.77. The highest BCUT2D eigenvalue weighted by atomic mass is 16.5. The molecule has 4 atom stereocenters. The van der Waals surface area contributed by atoms with Gasteiger partial charge < -0.3 is 9.47 Å². The molecule has 0 aromatic rings. The lowest BCUT2D eigenvalue weighted by Gasteiger charge is -2.34. The summed E-state index contributed by atoms with van der Waals surface area (Å²) in [5, 5.41) is 0. The molecule has 3 saturated carbocycles. The Morgan fingerprint density at radius 1 is 0.684 bits per heavy atom. The molecule has 0 spiro atoms. The molecule has 3 aliphatic carbocycles. The highest BCUT2D eigenvalue weighted by Gasteiger charge is 2.46. The molecule has 3 rings (SSSR count). The summed E-state index contributed by atoms with van der Waals surface area (Å²) in [5.74, 6) is 3.84. The van der Waals surface area contributed by atoms with Gasteiger partial charge in [-0.25, -0.2) is 0 Å². The number of hydrogen-bond donors (Lipinski definition) is 0. The van der Waals surface area contributed by atoms with Gasteiger partial charge in [0.05, 0.1) is 12.2 Å². The van der Waals surface area contributed by atoms with E-state index in [9.17, 15) is 0 Å². The van der Waals surface area contributed by atoms with Gasteiger partial charge in [-0.3, -0.25) is 0 Å². The smallest absolute Gasteiger partial charge is 0.0580 e. The van der Waals surface area contributed by atoms with Crippen molar-refractivity contribution in [2.75, 3.05) is 13.2 Å². The first-order valence-electron chi connectivity index (χ1n) is 8.53. The van der Waals surface area contributed by atoms with E-state index in [4.69, 9.17) is 9.47 Å². The van der Waals surface area contributed by atoms with Crippen LogP contribution in [0.4, 0.5) is 0 Å². The number of rotatable bonds is 5. The lowest BCUT2D eigenvalue weighted by molar-refractivity contribution is 0.0530. The monoisotopic (exact) mass is 266 g/mol. The fraction of sp³-hybridized carbons (Fsp3) is 1.00. The SMILES string of the molecule is CCCOC1CC2CC3CC(OCC)CC3CC2C1. The van der Waals surface area contributed by atoms with E-state index < -0.39 is 0 Å². The fourth-order valence-electron chi connectivity index (χ4n) is 5.04. The minimum atomic E-state index is 0.575. The van der Waals surface area contributed by atoms with Crippen molar-refractivity contribution in [1.29, 1.82) is 0 Å². The average Bonchev–Trinajstić information content (AvgIpc) is 2.95. The summed E-state index contributed by atoms with van der Waals surface area (Å²) < 4.78 is 11.9. The minimum Gasteiger partial charge on any atom is -0.378 e. The van der Waals surface area contributed by atoms with Crippen molar-refractivity contribution in [3.63, 3.8) is 0 Å². The highest BCUT2D eigenvalue weighted by Crippen LogP contribution is 2.53. The molecule has 3 aliphatic rings. The van der Waals surface area contributed by atoms with Crippen LogP contribution < -0.4 is 0 Å². The predicted molar refractivity (Wildman–Crippen MR) is 77.1 cm³/mol. The summed E-state index contributed by atoms with van der Waals surface area (Å²) in [7, 11) is 0. The van der Waals surface area contributed by atoms with E-state index in [1.807, 2.05) is 0 Å². The molecule has 0 N–H and O–H groups in total. The molecule has 4 unspecified atom stereocenters. The Morgan fingerprint density at radius 2 is 1.16 bits per heavy atom. The molecule has 19 heavy (non-hydrogen) atoms. The third-order valence-corrected chi connectivity index (χ3v) is 5.77. The zero-order valence-corrected chi connectivity index (χ0v) is 12.6. The number of ether oxygens (including phenoxy) is 2. The van der Waals surface area contributed by atoms with Crippen molar-refractivity contribution in [2.45, 2.75) is 71.0 Å². The maximum Gasteiger partial charge on any atom is 0.0580 e. The Balaban J connectivity index is 1.52. The van der Waals surface area contributed by atoms with Gasteiger partial charge in [-0.1, -0.05) is 6.92 Å². The molecule has 0 amide bonds.